The smallest absolute Gasteiger partial charge is 0.270 e. The van der Waals surface area contributed by atoms with Crippen LogP contribution in [0.5, 0.6) is 0 Å². The monoisotopic (exact) mass is 316 g/mol. The van der Waals surface area contributed by atoms with Crippen molar-refractivity contribution in [3.05, 3.63) is 53.8 Å². The van der Waals surface area contributed by atoms with Crippen molar-refractivity contribution in [2.45, 2.75) is 4.90 Å². The number of anilines is 2. The lowest BCUT2D eigenvalue weighted by atomic mass is 10.3. The van der Waals surface area contributed by atoms with Gasteiger partial charge in [-0.25, -0.2) is 21.6 Å². The molecule has 2 aromatic carbocycles. The minimum Gasteiger partial charge on any atom is -0.397 e. The first kappa shape index (κ1) is 15.2. The molecular formula is C13H11F3N2O2S. The molecular weight excluding hydrogens is 305 g/mol. The van der Waals surface area contributed by atoms with Crippen LogP contribution in [-0.4, -0.2) is 15.5 Å². The molecule has 0 bridgehead atoms. The molecule has 0 saturated carbocycles. The van der Waals surface area contributed by atoms with Crippen LogP contribution < -0.4 is 10.0 Å². The number of rotatable bonds is 3. The van der Waals surface area contributed by atoms with E-state index in [1.54, 1.807) is 6.07 Å². The van der Waals surface area contributed by atoms with Crippen LogP contribution in [0.25, 0.3) is 0 Å². The van der Waals surface area contributed by atoms with Gasteiger partial charge in [0.25, 0.3) is 10.0 Å². The van der Waals surface area contributed by atoms with Crippen molar-refractivity contribution in [3.8, 4) is 0 Å². The zero-order valence-corrected chi connectivity index (χ0v) is 11.7. The molecule has 0 spiro atoms. The molecule has 0 heterocycles. The molecule has 4 nitrogen and oxygen atoms in total. The highest BCUT2D eigenvalue weighted by atomic mass is 32.2. The molecule has 0 atom stereocenters. The first-order valence-electron chi connectivity index (χ1n) is 5.73. The lowest BCUT2D eigenvalue weighted by Gasteiger charge is -2.21. The van der Waals surface area contributed by atoms with Crippen molar-refractivity contribution >= 4 is 21.4 Å². The van der Waals surface area contributed by atoms with Crippen molar-refractivity contribution in [3.63, 3.8) is 0 Å². The predicted octanol–water partition coefficient (Wildman–Crippen LogP) is 2.51. The van der Waals surface area contributed by atoms with E-state index in [0.717, 1.165) is 7.05 Å². The predicted molar refractivity (Wildman–Crippen MR) is 72.8 cm³/mol. The van der Waals surface area contributed by atoms with Crippen molar-refractivity contribution in [2.75, 3.05) is 17.1 Å². The fourth-order valence-electron chi connectivity index (χ4n) is 1.82. The third-order valence-corrected chi connectivity index (χ3v) is 4.68. The molecule has 0 aliphatic rings. The van der Waals surface area contributed by atoms with E-state index in [0.29, 0.717) is 16.4 Å². The highest BCUT2D eigenvalue weighted by Gasteiger charge is 2.30. The molecule has 8 heteroatoms. The molecule has 0 amide bonds. The van der Waals surface area contributed by atoms with E-state index in [1.807, 2.05) is 0 Å². The van der Waals surface area contributed by atoms with E-state index in [4.69, 9.17) is 5.73 Å². The normalized spacial score (nSPS) is 11.4. The molecule has 0 radical (unpaired) electrons. The van der Waals surface area contributed by atoms with Gasteiger partial charge < -0.3 is 5.73 Å². The van der Waals surface area contributed by atoms with Crippen LogP contribution in [0.4, 0.5) is 24.5 Å². The fourth-order valence-corrected chi connectivity index (χ4v) is 3.13. The lowest BCUT2D eigenvalue weighted by molar-refractivity contribution is 0.497. The molecule has 21 heavy (non-hydrogen) atoms. The van der Waals surface area contributed by atoms with Gasteiger partial charge in [0, 0.05) is 19.2 Å². The Morgan fingerprint density at radius 3 is 2.10 bits per heavy atom. The first-order valence-corrected chi connectivity index (χ1v) is 7.17. The number of para-hydroxylation sites is 2. The van der Waals surface area contributed by atoms with E-state index in [9.17, 15) is 21.6 Å². The second-order valence-corrected chi connectivity index (χ2v) is 6.14. The number of nitrogens with zero attached hydrogens (tertiary/aromatic N) is 1. The second-order valence-electron chi connectivity index (χ2n) is 4.23. The quantitative estimate of drug-likeness (QED) is 0.885. The van der Waals surface area contributed by atoms with Crippen LogP contribution >= 0.6 is 0 Å². The number of benzene rings is 2. The average molecular weight is 316 g/mol. The summed E-state index contributed by atoms with van der Waals surface area (Å²) in [6, 6.07) is 6.54. The van der Waals surface area contributed by atoms with Gasteiger partial charge in [0.05, 0.1) is 11.4 Å². The summed E-state index contributed by atoms with van der Waals surface area (Å²) in [7, 11) is -3.46. The number of halogens is 3. The Hall–Kier alpha value is -2.22. The third kappa shape index (κ3) is 2.66. The first-order chi connectivity index (χ1) is 9.75. The topological polar surface area (TPSA) is 63.4 Å². The third-order valence-electron chi connectivity index (χ3n) is 2.86. The van der Waals surface area contributed by atoms with E-state index in [-0.39, 0.29) is 11.4 Å². The number of nitrogen functional groups attached to an aromatic ring is 1. The number of hydrogen-bond acceptors (Lipinski definition) is 3. The number of sulfonamides is 1. The van der Waals surface area contributed by atoms with Gasteiger partial charge in [0.15, 0.2) is 4.90 Å². The van der Waals surface area contributed by atoms with Gasteiger partial charge in [-0.1, -0.05) is 12.1 Å². The molecule has 0 fully saturated rings. The summed E-state index contributed by atoms with van der Waals surface area (Å²) in [5, 5.41) is 0. The maximum atomic E-state index is 13.7. The summed E-state index contributed by atoms with van der Waals surface area (Å²) < 4.78 is 65.5. The summed E-state index contributed by atoms with van der Waals surface area (Å²) in [4.78, 5) is -1.23. The van der Waals surface area contributed by atoms with Crippen molar-refractivity contribution < 1.29 is 21.6 Å². The molecule has 0 aliphatic heterocycles. The molecule has 2 N–H and O–H groups in total. The molecule has 112 valence electrons. The minimum atomic E-state index is -4.56. The van der Waals surface area contributed by atoms with Crippen LogP contribution in [0, 0.1) is 17.5 Å². The van der Waals surface area contributed by atoms with Crippen molar-refractivity contribution in [1.82, 2.24) is 0 Å². The Morgan fingerprint density at radius 2 is 1.57 bits per heavy atom. The van der Waals surface area contributed by atoms with E-state index in [1.165, 1.54) is 18.2 Å². The standard InChI is InChI=1S/C13H11F3N2O2S/c1-18(12-5-3-2-4-11(12)17)21(19,20)13-9(15)6-8(14)7-10(13)16/h2-7H,17H2,1H3. The Balaban J connectivity index is 2.61. The highest BCUT2D eigenvalue weighted by molar-refractivity contribution is 7.92. The summed E-state index contributed by atoms with van der Waals surface area (Å²) >= 11 is 0. The van der Waals surface area contributed by atoms with E-state index >= 15 is 0 Å². The number of nitrogens with two attached hydrogens (primary N) is 1. The molecule has 2 aromatic rings. The summed E-state index contributed by atoms with van der Waals surface area (Å²) in [6.45, 7) is 0. The zero-order chi connectivity index (χ0) is 15.8. The highest BCUT2D eigenvalue weighted by Crippen LogP contribution is 2.29. The molecule has 0 aromatic heterocycles. The Morgan fingerprint density at radius 1 is 1.05 bits per heavy atom. The van der Waals surface area contributed by atoms with E-state index < -0.39 is 32.4 Å². The van der Waals surface area contributed by atoms with Crippen LogP contribution in [0.3, 0.4) is 0 Å². The van der Waals surface area contributed by atoms with Gasteiger partial charge in [-0.05, 0) is 12.1 Å². The van der Waals surface area contributed by atoms with Crippen LogP contribution in [-0.2, 0) is 10.0 Å². The Kier molecular flexibility index (Phi) is 3.82. The SMILES string of the molecule is CN(c1ccccc1N)S(=O)(=O)c1c(F)cc(F)cc1F. The Labute approximate surface area is 119 Å². The van der Waals surface area contributed by atoms with Gasteiger partial charge in [0.2, 0.25) is 0 Å². The molecule has 0 saturated heterocycles. The van der Waals surface area contributed by atoms with Crippen molar-refractivity contribution in [2.24, 2.45) is 0 Å². The zero-order valence-electron chi connectivity index (χ0n) is 10.8. The molecule has 0 aliphatic carbocycles. The second kappa shape index (κ2) is 5.28. The largest absolute Gasteiger partial charge is 0.397 e. The van der Waals surface area contributed by atoms with Gasteiger partial charge >= 0.3 is 0 Å². The maximum absolute atomic E-state index is 13.7. The average Bonchev–Trinajstić information content (AvgIpc) is 2.36. The lowest BCUT2D eigenvalue weighted by Crippen LogP contribution is -2.29. The summed E-state index contributed by atoms with van der Waals surface area (Å²) in [5.41, 5.74) is 5.82. The maximum Gasteiger partial charge on any atom is 0.270 e. The van der Waals surface area contributed by atoms with Crippen molar-refractivity contribution in [1.29, 1.82) is 0 Å². The van der Waals surface area contributed by atoms with Crippen LogP contribution in [0.2, 0.25) is 0 Å². The van der Waals surface area contributed by atoms with E-state index in [2.05, 4.69) is 0 Å². The van der Waals surface area contributed by atoms with Gasteiger partial charge in [0.1, 0.15) is 17.5 Å². The van der Waals surface area contributed by atoms with Gasteiger partial charge in [-0.2, -0.15) is 0 Å². The summed E-state index contributed by atoms with van der Waals surface area (Å²) in [6.07, 6.45) is 0. The molecule has 0 unspecified atom stereocenters. The van der Waals surface area contributed by atoms with Gasteiger partial charge in [-0.15, -0.1) is 0 Å². The van der Waals surface area contributed by atoms with Crippen LogP contribution in [0.15, 0.2) is 41.3 Å². The Bertz CT molecular complexity index is 771. The van der Waals surface area contributed by atoms with Crippen LogP contribution in [0.1, 0.15) is 0 Å². The minimum absolute atomic E-state index is 0.0561. The molecule has 2 rings (SSSR count). The fraction of sp³-hybridized carbons (Fsp3) is 0.0769. The summed E-state index contributed by atoms with van der Waals surface area (Å²) in [5.74, 6) is -4.21. The van der Waals surface area contributed by atoms with Gasteiger partial charge in [-0.3, -0.25) is 4.31 Å². The number of hydrogen-bond donors (Lipinski definition) is 1.